The van der Waals surface area contributed by atoms with Crippen molar-refractivity contribution in [3.05, 3.63) is 51.9 Å². The normalized spacial score (nSPS) is 10.4. The van der Waals surface area contributed by atoms with Crippen LogP contribution in [-0.2, 0) is 0 Å². The van der Waals surface area contributed by atoms with E-state index in [1.54, 1.807) is 41.7 Å². The Balaban J connectivity index is 1.74. The number of thiophene rings is 1. The Morgan fingerprint density at radius 1 is 1.35 bits per heavy atom. The van der Waals surface area contributed by atoms with E-state index in [1.807, 2.05) is 5.38 Å². The zero-order valence-electron chi connectivity index (χ0n) is 10.0. The molecule has 1 amide bonds. The second-order valence-corrected chi connectivity index (χ2v) is 5.65. The highest BCUT2D eigenvalue weighted by Gasteiger charge is 2.09. The standard InChI is InChI=1S/C12H8BrN5OS/c13-8-3-10(20-6-8)11(19)17-9-4-15-12(16-5-9)18-2-1-14-7-18/h1-7H,(H,17,19). The van der Waals surface area contributed by atoms with Crippen LogP contribution in [0.25, 0.3) is 5.95 Å². The van der Waals surface area contributed by atoms with Crippen molar-refractivity contribution < 1.29 is 4.79 Å². The van der Waals surface area contributed by atoms with Gasteiger partial charge in [-0.3, -0.25) is 9.36 Å². The summed E-state index contributed by atoms with van der Waals surface area (Å²) in [6.45, 7) is 0. The van der Waals surface area contributed by atoms with Gasteiger partial charge in [0.15, 0.2) is 0 Å². The summed E-state index contributed by atoms with van der Waals surface area (Å²) in [5.74, 6) is 0.319. The summed E-state index contributed by atoms with van der Waals surface area (Å²) >= 11 is 4.68. The molecule has 0 saturated carbocycles. The summed E-state index contributed by atoms with van der Waals surface area (Å²) in [6.07, 6.45) is 8.12. The Bertz CT molecular complexity index is 723. The van der Waals surface area contributed by atoms with Gasteiger partial charge in [-0.15, -0.1) is 11.3 Å². The molecule has 0 spiro atoms. The Hall–Kier alpha value is -2.06. The second-order valence-electron chi connectivity index (χ2n) is 3.82. The maximum Gasteiger partial charge on any atom is 0.265 e. The van der Waals surface area contributed by atoms with Gasteiger partial charge in [-0.2, -0.15) is 0 Å². The molecular weight excluding hydrogens is 342 g/mol. The number of hydrogen-bond donors (Lipinski definition) is 1. The first kappa shape index (κ1) is 12.9. The summed E-state index contributed by atoms with van der Waals surface area (Å²) < 4.78 is 2.57. The fourth-order valence-electron chi connectivity index (χ4n) is 1.52. The lowest BCUT2D eigenvalue weighted by Gasteiger charge is -2.04. The third-order valence-corrected chi connectivity index (χ3v) is 4.11. The van der Waals surface area contributed by atoms with E-state index in [-0.39, 0.29) is 5.91 Å². The quantitative estimate of drug-likeness (QED) is 0.788. The van der Waals surface area contributed by atoms with Crippen LogP contribution in [0.4, 0.5) is 5.69 Å². The second kappa shape index (κ2) is 5.51. The Morgan fingerprint density at radius 2 is 2.15 bits per heavy atom. The predicted molar refractivity (Wildman–Crippen MR) is 79.1 cm³/mol. The Morgan fingerprint density at radius 3 is 2.75 bits per heavy atom. The average molecular weight is 350 g/mol. The Kier molecular flexibility index (Phi) is 3.57. The summed E-state index contributed by atoms with van der Waals surface area (Å²) in [4.78, 5) is 24.8. The molecule has 0 saturated heterocycles. The summed E-state index contributed by atoms with van der Waals surface area (Å²) in [6, 6.07) is 1.76. The fraction of sp³-hybridized carbons (Fsp3) is 0. The lowest BCUT2D eigenvalue weighted by atomic mass is 10.4. The zero-order chi connectivity index (χ0) is 13.9. The highest BCUT2D eigenvalue weighted by atomic mass is 79.9. The number of nitrogens with one attached hydrogen (secondary N) is 1. The highest BCUT2D eigenvalue weighted by Crippen LogP contribution is 2.20. The summed E-state index contributed by atoms with van der Waals surface area (Å²) in [5, 5.41) is 4.60. The molecule has 0 fully saturated rings. The third-order valence-electron chi connectivity index (χ3n) is 2.42. The van der Waals surface area contributed by atoms with E-state index < -0.39 is 0 Å². The monoisotopic (exact) mass is 349 g/mol. The topological polar surface area (TPSA) is 72.7 Å². The molecule has 3 rings (SSSR count). The first-order valence-corrected chi connectivity index (χ1v) is 7.25. The molecule has 3 heterocycles. The van der Waals surface area contributed by atoms with E-state index in [4.69, 9.17) is 0 Å². The molecular formula is C12H8BrN5OS. The number of halogens is 1. The van der Waals surface area contributed by atoms with Crippen molar-refractivity contribution in [1.82, 2.24) is 19.5 Å². The minimum atomic E-state index is -0.181. The van der Waals surface area contributed by atoms with Crippen LogP contribution in [0.1, 0.15) is 9.67 Å². The molecule has 100 valence electrons. The highest BCUT2D eigenvalue weighted by molar-refractivity contribution is 9.10. The van der Waals surface area contributed by atoms with E-state index in [0.717, 1.165) is 4.47 Å². The minimum Gasteiger partial charge on any atom is -0.319 e. The molecule has 0 atom stereocenters. The predicted octanol–water partition coefficient (Wildman–Crippen LogP) is 2.74. The molecule has 20 heavy (non-hydrogen) atoms. The number of rotatable bonds is 3. The van der Waals surface area contributed by atoms with E-state index in [9.17, 15) is 4.79 Å². The van der Waals surface area contributed by atoms with Crippen LogP contribution in [-0.4, -0.2) is 25.4 Å². The van der Waals surface area contributed by atoms with Crippen LogP contribution in [0.2, 0.25) is 0 Å². The molecule has 1 N–H and O–H groups in total. The van der Waals surface area contributed by atoms with Gasteiger partial charge in [0.1, 0.15) is 6.33 Å². The number of hydrogen-bond acceptors (Lipinski definition) is 5. The van der Waals surface area contributed by atoms with Crippen LogP contribution < -0.4 is 5.32 Å². The van der Waals surface area contributed by atoms with Crippen LogP contribution in [0.3, 0.4) is 0 Å². The molecule has 0 aliphatic carbocycles. The first-order valence-electron chi connectivity index (χ1n) is 5.58. The zero-order valence-corrected chi connectivity index (χ0v) is 12.4. The lowest BCUT2D eigenvalue weighted by molar-refractivity contribution is 0.103. The van der Waals surface area contributed by atoms with Gasteiger partial charge in [0.05, 0.1) is 23.0 Å². The summed E-state index contributed by atoms with van der Waals surface area (Å²) in [5.41, 5.74) is 0.545. The molecule has 0 radical (unpaired) electrons. The van der Waals surface area contributed by atoms with Crippen molar-refractivity contribution in [3.8, 4) is 5.95 Å². The first-order chi connectivity index (χ1) is 9.72. The van der Waals surface area contributed by atoms with Gasteiger partial charge in [0, 0.05) is 22.2 Å². The van der Waals surface area contributed by atoms with Gasteiger partial charge in [0.25, 0.3) is 5.91 Å². The van der Waals surface area contributed by atoms with Gasteiger partial charge < -0.3 is 5.32 Å². The molecule has 3 aromatic heterocycles. The molecule has 0 bridgehead atoms. The smallest absolute Gasteiger partial charge is 0.265 e. The number of imidazole rings is 1. The van der Waals surface area contributed by atoms with E-state index in [2.05, 4.69) is 36.2 Å². The maximum atomic E-state index is 11.9. The van der Waals surface area contributed by atoms with Crippen molar-refractivity contribution in [1.29, 1.82) is 0 Å². The van der Waals surface area contributed by atoms with Gasteiger partial charge in [0.2, 0.25) is 5.95 Å². The van der Waals surface area contributed by atoms with Crippen molar-refractivity contribution in [2.24, 2.45) is 0 Å². The molecule has 3 aromatic rings. The minimum absolute atomic E-state index is 0.181. The Labute approximate surface area is 126 Å². The van der Waals surface area contributed by atoms with Crippen LogP contribution >= 0.6 is 27.3 Å². The molecule has 0 aliphatic heterocycles. The molecule has 6 nitrogen and oxygen atoms in total. The van der Waals surface area contributed by atoms with Crippen molar-refractivity contribution in [2.45, 2.75) is 0 Å². The largest absolute Gasteiger partial charge is 0.319 e. The number of aromatic nitrogens is 4. The number of carbonyl (C=O) groups excluding carboxylic acids is 1. The van der Waals surface area contributed by atoms with Crippen molar-refractivity contribution in [2.75, 3.05) is 5.32 Å². The third kappa shape index (κ3) is 2.75. The van der Waals surface area contributed by atoms with E-state index in [0.29, 0.717) is 16.5 Å². The van der Waals surface area contributed by atoms with Crippen LogP contribution in [0.15, 0.2) is 47.0 Å². The molecule has 0 unspecified atom stereocenters. The van der Waals surface area contributed by atoms with Crippen LogP contribution in [0.5, 0.6) is 0 Å². The van der Waals surface area contributed by atoms with Gasteiger partial charge in [-0.1, -0.05) is 0 Å². The fourth-order valence-corrected chi connectivity index (χ4v) is 2.84. The summed E-state index contributed by atoms with van der Waals surface area (Å²) in [7, 11) is 0. The SMILES string of the molecule is O=C(Nc1cnc(-n2ccnc2)nc1)c1cc(Br)cs1. The van der Waals surface area contributed by atoms with Gasteiger partial charge in [-0.05, 0) is 22.0 Å². The van der Waals surface area contributed by atoms with Gasteiger partial charge in [-0.25, -0.2) is 15.0 Å². The van der Waals surface area contributed by atoms with Crippen LogP contribution in [0, 0.1) is 0 Å². The number of amides is 1. The lowest BCUT2D eigenvalue weighted by Crippen LogP contribution is -2.11. The molecule has 0 aromatic carbocycles. The number of carbonyl (C=O) groups is 1. The average Bonchev–Trinajstić information content (AvgIpc) is 3.10. The van der Waals surface area contributed by atoms with Crippen molar-refractivity contribution in [3.63, 3.8) is 0 Å². The van der Waals surface area contributed by atoms with Gasteiger partial charge >= 0.3 is 0 Å². The number of nitrogens with zero attached hydrogens (tertiary/aromatic N) is 4. The molecule has 0 aliphatic rings. The number of anilines is 1. The molecule has 8 heteroatoms. The van der Waals surface area contributed by atoms with E-state index in [1.165, 1.54) is 11.3 Å². The van der Waals surface area contributed by atoms with Crippen molar-refractivity contribution >= 4 is 38.9 Å². The maximum absolute atomic E-state index is 11.9. The van der Waals surface area contributed by atoms with E-state index >= 15 is 0 Å².